The van der Waals surface area contributed by atoms with E-state index in [1.807, 2.05) is 0 Å². The average molecular weight is 346 g/mol. The quantitative estimate of drug-likeness (QED) is 0.502. The van der Waals surface area contributed by atoms with Crippen LogP contribution in [-0.2, 0) is 0 Å². The van der Waals surface area contributed by atoms with Crippen molar-refractivity contribution < 1.29 is 0 Å². The van der Waals surface area contributed by atoms with Crippen LogP contribution in [0.15, 0.2) is 28.7 Å². The van der Waals surface area contributed by atoms with E-state index in [4.69, 9.17) is 11.1 Å². The number of benzene rings is 1. The summed E-state index contributed by atoms with van der Waals surface area (Å²) in [6.45, 7) is 7.88. The minimum atomic E-state index is -1.59. The van der Waals surface area contributed by atoms with E-state index < -0.39 is 14.5 Å². The van der Waals surface area contributed by atoms with Crippen LogP contribution in [0.4, 0.5) is 0 Å². The Hall–Kier alpha value is 0.164. The molecule has 0 nitrogen and oxygen atoms in total. The topological polar surface area (TPSA) is 0 Å². The highest BCUT2D eigenvalue weighted by molar-refractivity contribution is 9.10. The highest BCUT2D eigenvalue weighted by Gasteiger charge is 2.47. The smallest absolute Gasteiger partial charge is 0.141 e. The summed E-state index contributed by atoms with van der Waals surface area (Å²) < 4.78 is 1.20. The van der Waals surface area contributed by atoms with Crippen molar-refractivity contribution in [2.75, 3.05) is 0 Å². The maximum Gasteiger partial charge on any atom is 0.141 e. The minimum Gasteiger partial charge on any atom is -0.171 e. The fraction of sp³-hybridized carbons (Fsp3) is 0.385. The van der Waals surface area contributed by atoms with Crippen LogP contribution in [0.5, 0.6) is 0 Å². The molecule has 2 rings (SSSR count). The second kappa shape index (κ2) is 4.37. The summed E-state index contributed by atoms with van der Waals surface area (Å²) in [4.78, 5) is 0. The number of hydrogen-bond acceptors (Lipinski definition) is 0. The van der Waals surface area contributed by atoms with Gasteiger partial charge in [0.1, 0.15) is 6.90 Å². The Balaban J connectivity index is 2.48. The molecule has 0 aliphatic heterocycles. The lowest BCUT2D eigenvalue weighted by Crippen LogP contribution is -2.54. The maximum atomic E-state index is 6.77. The first kappa shape index (κ1) is 13.6. The van der Waals surface area contributed by atoms with Gasteiger partial charge in [0.2, 0.25) is 0 Å². The molecule has 4 heteroatoms. The van der Waals surface area contributed by atoms with Gasteiger partial charge in [-0.1, -0.05) is 66.4 Å². The molecule has 0 N–H and O–H groups in total. The first-order valence-corrected chi connectivity index (χ1v) is 14.8. The third kappa shape index (κ3) is 2.23. The summed E-state index contributed by atoms with van der Waals surface area (Å²) in [5.41, 5.74) is 3.40. The minimum absolute atomic E-state index is 0.578. The zero-order valence-corrected chi connectivity index (χ0v) is 15.1. The Kier molecular flexibility index (Phi) is 3.49. The van der Waals surface area contributed by atoms with Gasteiger partial charge in [-0.25, -0.2) is 0 Å². The lowest BCUT2D eigenvalue weighted by molar-refractivity contribution is 1.18. The SMILES string of the molecule is C[Si](C)(Cl)[Si](C)(C)C1C=Cc2c(Br)cccc21. The summed E-state index contributed by atoms with van der Waals surface area (Å²) in [6, 6.07) is 6.51. The summed E-state index contributed by atoms with van der Waals surface area (Å²) in [5, 5.41) is 0. The van der Waals surface area contributed by atoms with Gasteiger partial charge in [-0.2, -0.15) is 11.1 Å². The maximum absolute atomic E-state index is 6.77. The van der Waals surface area contributed by atoms with Crippen molar-refractivity contribution in [3.8, 4) is 0 Å². The van der Waals surface area contributed by atoms with E-state index in [0.717, 1.165) is 0 Å². The fourth-order valence-electron chi connectivity index (χ4n) is 2.30. The Morgan fingerprint density at radius 3 is 2.41 bits per heavy atom. The zero-order valence-electron chi connectivity index (χ0n) is 10.7. The van der Waals surface area contributed by atoms with E-state index in [2.05, 4.69) is 72.5 Å². The van der Waals surface area contributed by atoms with E-state index in [9.17, 15) is 0 Å². The van der Waals surface area contributed by atoms with Crippen LogP contribution in [0, 0.1) is 0 Å². The van der Waals surface area contributed by atoms with Gasteiger partial charge in [-0.15, -0.1) is 0 Å². The van der Waals surface area contributed by atoms with Crippen LogP contribution in [0.1, 0.15) is 16.7 Å². The molecule has 1 aromatic carbocycles. The van der Waals surface area contributed by atoms with Crippen molar-refractivity contribution in [3.05, 3.63) is 39.9 Å². The van der Waals surface area contributed by atoms with Crippen LogP contribution in [0.2, 0.25) is 26.2 Å². The van der Waals surface area contributed by atoms with Crippen molar-refractivity contribution in [1.29, 1.82) is 0 Å². The molecule has 0 heterocycles. The molecule has 0 saturated carbocycles. The van der Waals surface area contributed by atoms with Crippen LogP contribution in [-0.4, -0.2) is 14.5 Å². The normalized spacial score (nSPS) is 19.5. The molecule has 0 saturated heterocycles. The molecule has 0 aromatic heterocycles. The zero-order chi connectivity index (χ0) is 12.8. The van der Waals surface area contributed by atoms with Crippen molar-refractivity contribution in [2.45, 2.75) is 31.7 Å². The first-order valence-electron chi connectivity index (χ1n) is 5.90. The molecule has 1 aromatic rings. The van der Waals surface area contributed by atoms with Gasteiger partial charge < -0.3 is 0 Å². The molecule has 17 heavy (non-hydrogen) atoms. The van der Waals surface area contributed by atoms with E-state index in [1.165, 1.54) is 15.6 Å². The molecule has 0 fully saturated rings. The van der Waals surface area contributed by atoms with Gasteiger partial charge in [-0.3, -0.25) is 0 Å². The molecule has 0 bridgehead atoms. The van der Waals surface area contributed by atoms with Gasteiger partial charge in [0, 0.05) is 4.47 Å². The number of allylic oxidation sites excluding steroid dienone is 1. The van der Waals surface area contributed by atoms with E-state index >= 15 is 0 Å². The summed E-state index contributed by atoms with van der Waals surface area (Å²) in [7, 11) is -1.45. The first-order chi connectivity index (χ1) is 7.75. The van der Waals surface area contributed by atoms with Gasteiger partial charge in [0.05, 0.1) is 7.59 Å². The lowest BCUT2D eigenvalue weighted by Gasteiger charge is -2.38. The molecule has 0 amide bonds. The molecule has 1 atom stereocenters. The molecule has 1 aliphatic rings. The predicted molar refractivity (Wildman–Crippen MR) is 86.7 cm³/mol. The second-order valence-electron chi connectivity index (χ2n) is 5.77. The highest BCUT2D eigenvalue weighted by Crippen LogP contribution is 2.43. The number of hydrogen-bond donors (Lipinski definition) is 0. The summed E-state index contributed by atoms with van der Waals surface area (Å²) in [6.07, 6.45) is 4.63. The monoisotopic (exact) mass is 344 g/mol. The molecule has 0 spiro atoms. The van der Waals surface area contributed by atoms with Crippen molar-refractivity contribution in [3.63, 3.8) is 0 Å². The van der Waals surface area contributed by atoms with Gasteiger partial charge in [-0.05, 0) is 22.7 Å². The molecule has 1 unspecified atom stereocenters. The number of halogens is 2. The third-order valence-electron chi connectivity index (χ3n) is 4.19. The van der Waals surface area contributed by atoms with Crippen molar-refractivity contribution in [1.82, 2.24) is 0 Å². The van der Waals surface area contributed by atoms with E-state index in [-0.39, 0.29) is 0 Å². The fourth-order valence-corrected chi connectivity index (χ4v) is 9.19. The van der Waals surface area contributed by atoms with Gasteiger partial charge >= 0.3 is 0 Å². The lowest BCUT2D eigenvalue weighted by atomic mass is 10.1. The summed E-state index contributed by atoms with van der Waals surface area (Å²) in [5.74, 6) is 0. The van der Waals surface area contributed by atoms with Crippen molar-refractivity contribution in [2.24, 2.45) is 0 Å². The predicted octanol–water partition coefficient (Wildman–Crippen LogP) is 5.33. The van der Waals surface area contributed by atoms with Gasteiger partial charge in [0.25, 0.3) is 0 Å². The second-order valence-corrected chi connectivity index (χ2v) is 25.0. The summed E-state index contributed by atoms with van der Waals surface area (Å²) >= 11 is 10.4. The standard InChI is InChI=1S/C13H18BrClSi2/c1-16(2,17(3,4)15)13-9-8-10-11(13)6-5-7-12(10)14/h5-9,13H,1-4H3. The molecule has 1 aliphatic carbocycles. The average Bonchev–Trinajstić information content (AvgIpc) is 2.61. The molecule has 92 valence electrons. The molecular formula is C13H18BrClSi2. The Morgan fingerprint density at radius 1 is 1.18 bits per heavy atom. The third-order valence-corrected chi connectivity index (χ3v) is 24.5. The molecule has 0 radical (unpaired) electrons. The van der Waals surface area contributed by atoms with Gasteiger partial charge in [0.15, 0.2) is 0 Å². The van der Waals surface area contributed by atoms with Crippen LogP contribution < -0.4 is 0 Å². The van der Waals surface area contributed by atoms with Crippen molar-refractivity contribution >= 4 is 47.6 Å². The van der Waals surface area contributed by atoms with Crippen LogP contribution in [0.25, 0.3) is 6.08 Å². The largest absolute Gasteiger partial charge is 0.171 e. The van der Waals surface area contributed by atoms with Crippen LogP contribution in [0.3, 0.4) is 0 Å². The number of fused-ring (bicyclic) bond motifs is 1. The van der Waals surface area contributed by atoms with E-state index in [1.54, 1.807) is 0 Å². The highest BCUT2D eigenvalue weighted by atomic mass is 79.9. The van der Waals surface area contributed by atoms with E-state index in [0.29, 0.717) is 5.54 Å². The number of rotatable bonds is 2. The molecular weight excluding hydrogens is 328 g/mol. The Morgan fingerprint density at radius 2 is 1.82 bits per heavy atom. The van der Waals surface area contributed by atoms with Crippen LogP contribution >= 0.6 is 27.0 Å². The Labute approximate surface area is 119 Å². The Bertz CT molecular complexity index is 475.